The molecule has 5 aromatic rings. The molecule has 8 nitrogen and oxygen atoms in total. The molecule has 5 rings (SSSR count). The molecule has 0 heterocycles. The number of anilines is 1. The quantitative estimate of drug-likeness (QED) is 0.116. The summed E-state index contributed by atoms with van der Waals surface area (Å²) in [4.78, 5) is 30.1. The standard InChI is InChI=1S/C40H39Cl2N3O5S/c1-29(2)26-43-40(47)38(25-30-13-6-3-7-14-30)44(27-35-36(41)19-12-20-37(35)42)39(46)28-45(51(48,49)34-17-10-5-11-18-34)31-21-23-33(24-22-31)50-32-15-8-4-9-16-32/h3-24,29,38H,25-28H2,1-2H3,(H,43,47)/t38-/m0/s1. The van der Waals surface area contributed by atoms with Gasteiger partial charge in [-0.1, -0.05) is 110 Å². The number of nitrogens with one attached hydrogen (secondary N) is 1. The van der Waals surface area contributed by atoms with Gasteiger partial charge in [-0.05, 0) is 72.1 Å². The number of para-hydroxylation sites is 1. The number of hydrogen-bond donors (Lipinski definition) is 1. The molecule has 2 amide bonds. The molecule has 0 aliphatic rings. The Morgan fingerprint density at radius 2 is 1.27 bits per heavy atom. The third-order valence-corrected chi connectivity index (χ3v) is 10.6. The van der Waals surface area contributed by atoms with Gasteiger partial charge in [-0.3, -0.25) is 13.9 Å². The Hall–Kier alpha value is -4.83. The van der Waals surface area contributed by atoms with E-state index in [1.807, 2.05) is 74.5 Å². The van der Waals surface area contributed by atoms with Crippen molar-refractivity contribution in [2.24, 2.45) is 5.92 Å². The van der Waals surface area contributed by atoms with Crippen LogP contribution in [0.5, 0.6) is 11.5 Å². The SMILES string of the molecule is CC(C)CNC(=O)[C@H](Cc1ccccc1)N(Cc1c(Cl)cccc1Cl)C(=O)CN(c1ccc(Oc2ccccc2)cc1)S(=O)(=O)c1ccccc1. The second-order valence-corrected chi connectivity index (χ2v) is 15.0. The molecule has 0 saturated heterocycles. The van der Waals surface area contributed by atoms with Gasteiger partial charge in [0, 0.05) is 35.1 Å². The summed E-state index contributed by atoms with van der Waals surface area (Å²) in [7, 11) is -4.28. The van der Waals surface area contributed by atoms with Gasteiger partial charge in [0.2, 0.25) is 11.8 Å². The fraction of sp³-hybridized carbons (Fsp3) is 0.200. The molecule has 1 N–H and O–H groups in total. The van der Waals surface area contributed by atoms with E-state index in [9.17, 15) is 18.0 Å². The van der Waals surface area contributed by atoms with Crippen LogP contribution >= 0.6 is 23.2 Å². The zero-order valence-electron chi connectivity index (χ0n) is 28.3. The predicted molar refractivity (Wildman–Crippen MR) is 203 cm³/mol. The molecule has 0 fully saturated rings. The van der Waals surface area contributed by atoms with Gasteiger partial charge in [0.25, 0.3) is 10.0 Å². The minimum absolute atomic E-state index is 0.00128. The van der Waals surface area contributed by atoms with Crippen molar-refractivity contribution in [1.29, 1.82) is 0 Å². The predicted octanol–water partition coefficient (Wildman–Crippen LogP) is 8.39. The van der Waals surface area contributed by atoms with E-state index in [1.165, 1.54) is 17.0 Å². The van der Waals surface area contributed by atoms with E-state index >= 15 is 0 Å². The van der Waals surface area contributed by atoms with E-state index in [2.05, 4.69) is 5.32 Å². The third kappa shape index (κ3) is 9.91. The summed E-state index contributed by atoms with van der Waals surface area (Å²) >= 11 is 13.2. The molecule has 0 spiro atoms. The van der Waals surface area contributed by atoms with Crippen LogP contribution < -0.4 is 14.4 Å². The van der Waals surface area contributed by atoms with Crippen LogP contribution in [0.4, 0.5) is 5.69 Å². The lowest BCUT2D eigenvalue weighted by Crippen LogP contribution is -2.53. The van der Waals surface area contributed by atoms with Gasteiger partial charge in [0.15, 0.2) is 0 Å². The molecular formula is C40H39Cl2N3O5S. The maximum atomic E-state index is 14.7. The highest BCUT2D eigenvalue weighted by Gasteiger charge is 2.35. The van der Waals surface area contributed by atoms with E-state index in [-0.39, 0.29) is 35.4 Å². The normalized spacial score (nSPS) is 11.9. The number of halogens is 2. The van der Waals surface area contributed by atoms with Crippen molar-refractivity contribution in [3.05, 3.63) is 155 Å². The Morgan fingerprint density at radius 1 is 0.725 bits per heavy atom. The number of amides is 2. The van der Waals surface area contributed by atoms with Crippen LogP contribution in [0, 0.1) is 5.92 Å². The summed E-state index contributed by atoms with van der Waals surface area (Å²) in [6.45, 7) is 3.56. The molecule has 1 atom stereocenters. The first-order valence-electron chi connectivity index (χ1n) is 16.5. The minimum atomic E-state index is -4.28. The summed E-state index contributed by atoms with van der Waals surface area (Å²) in [5.41, 5.74) is 1.48. The molecule has 0 saturated carbocycles. The third-order valence-electron chi connectivity index (χ3n) is 8.06. The second-order valence-electron chi connectivity index (χ2n) is 12.3. The largest absolute Gasteiger partial charge is 0.457 e. The zero-order chi connectivity index (χ0) is 36.4. The van der Waals surface area contributed by atoms with Crippen LogP contribution in [-0.2, 0) is 32.6 Å². The second kappa shape index (κ2) is 17.4. The van der Waals surface area contributed by atoms with Crippen molar-refractivity contribution >= 4 is 50.7 Å². The Morgan fingerprint density at radius 3 is 1.86 bits per heavy atom. The van der Waals surface area contributed by atoms with Gasteiger partial charge in [-0.25, -0.2) is 8.42 Å². The van der Waals surface area contributed by atoms with E-state index < -0.39 is 28.5 Å². The summed E-state index contributed by atoms with van der Waals surface area (Å²) < 4.78 is 35.6. The number of hydrogen-bond acceptors (Lipinski definition) is 5. The van der Waals surface area contributed by atoms with Gasteiger partial charge in [0.1, 0.15) is 24.1 Å². The van der Waals surface area contributed by atoms with Crippen molar-refractivity contribution < 1.29 is 22.7 Å². The Bertz CT molecular complexity index is 1990. The lowest BCUT2D eigenvalue weighted by molar-refractivity contribution is -0.140. The summed E-state index contributed by atoms with van der Waals surface area (Å²) in [5, 5.41) is 3.59. The molecule has 11 heteroatoms. The molecule has 0 aromatic heterocycles. The van der Waals surface area contributed by atoms with Gasteiger partial charge >= 0.3 is 0 Å². The highest BCUT2D eigenvalue weighted by atomic mass is 35.5. The Kier molecular flexibility index (Phi) is 12.8. The lowest BCUT2D eigenvalue weighted by Gasteiger charge is -2.34. The first-order chi connectivity index (χ1) is 24.5. The molecule has 0 bridgehead atoms. The molecule has 5 aromatic carbocycles. The van der Waals surface area contributed by atoms with E-state index in [4.69, 9.17) is 27.9 Å². The Balaban J connectivity index is 1.57. The van der Waals surface area contributed by atoms with Crippen LogP contribution in [-0.4, -0.2) is 44.3 Å². The molecular weight excluding hydrogens is 705 g/mol. The maximum Gasteiger partial charge on any atom is 0.264 e. The summed E-state index contributed by atoms with van der Waals surface area (Å²) in [6, 6.07) is 36.8. The minimum Gasteiger partial charge on any atom is -0.457 e. The molecule has 264 valence electrons. The van der Waals surface area contributed by atoms with E-state index in [0.29, 0.717) is 33.7 Å². The molecule has 0 aliphatic carbocycles. The summed E-state index contributed by atoms with van der Waals surface area (Å²) in [5.74, 6) is 0.227. The molecule has 51 heavy (non-hydrogen) atoms. The van der Waals surface area contributed by atoms with Crippen LogP contribution in [0.2, 0.25) is 10.0 Å². The topological polar surface area (TPSA) is 96.0 Å². The van der Waals surface area contributed by atoms with E-state index in [0.717, 1.165) is 9.87 Å². The van der Waals surface area contributed by atoms with Crippen molar-refractivity contribution in [1.82, 2.24) is 10.2 Å². The van der Waals surface area contributed by atoms with Gasteiger partial charge in [-0.2, -0.15) is 0 Å². The van der Waals surface area contributed by atoms with Gasteiger partial charge < -0.3 is 15.0 Å². The van der Waals surface area contributed by atoms with Crippen LogP contribution in [0.15, 0.2) is 138 Å². The van der Waals surface area contributed by atoms with Crippen LogP contribution in [0.1, 0.15) is 25.0 Å². The highest BCUT2D eigenvalue weighted by Crippen LogP contribution is 2.30. The van der Waals surface area contributed by atoms with Crippen molar-refractivity contribution in [2.45, 2.75) is 37.8 Å². The Labute approximate surface area is 309 Å². The number of nitrogens with zero attached hydrogens (tertiary/aromatic N) is 2. The highest BCUT2D eigenvalue weighted by molar-refractivity contribution is 7.92. The van der Waals surface area contributed by atoms with Crippen LogP contribution in [0.25, 0.3) is 0 Å². The first-order valence-corrected chi connectivity index (χ1v) is 18.7. The number of carbonyl (C=O) groups is 2. The van der Waals surface area contributed by atoms with E-state index in [1.54, 1.807) is 60.7 Å². The fourth-order valence-electron chi connectivity index (χ4n) is 5.38. The van der Waals surface area contributed by atoms with Crippen molar-refractivity contribution in [3.8, 4) is 11.5 Å². The van der Waals surface area contributed by atoms with Crippen molar-refractivity contribution in [2.75, 3.05) is 17.4 Å². The average Bonchev–Trinajstić information content (AvgIpc) is 3.13. The van der Waals surface area contributed by atoms with Crippen molar-refractivity contribution in [3.63, 3.8) is 0 Å². The number of benzene rings is 5. The molecule has 0 radical (unpaired) electrons. The number of carbonyl (C=O) groups excluding carboxylic acids is 2. The maximum absolute atomic E-state index is 14.7. The summed E-state index contributed by atoms with van der Waals surface area (Å²) in [6.07, 6.45) is 0.162. The van der Waals surface area contributed by atoms with Gasteiger partial charge in [-0.15, -0.1) is 0 Å². The average molecular weight is 745 g/mol. The molecule has 0 aliphatic heterocycles. The fourth-order valence-corrected chi connectivity index (χ4v) is 7.34. The molecule has 0 unspecified atom stereocenters. The monoisotopic (exact) mass is 743 g/mol. The number of ether oxygens (including phenoxy) is 1. The lowest BCUT2D eigenvalue weighted by atomic mass is 10.0. The zero-order valence-corrected chi connectivity index (χ0v) is 30.6. The number of sulfonamides is 1. The van der Waals surface area contributed by atoms with Gasteiger partial charge in [0.05, 0.1) is 10.6 Å². The van der Waals surface area contributed by atoms with Crippen LogP contribution in [0.3, 0.4) is 0 Å². The smallest absolute Gasteiger partial charge is 0.264 e. The first kappa shape index (κ1) is 37.4. The number of rotatable bonds is 15.